The first-order valence-corrected chi connectivity index (χ1v) is 7.43. The molecule has 0 aliphatic carbocycles. The molecular weight excluding hydrogens is 264 g/mol. The van der Waals surface area contributed by atoms with Crippen molar-refractivity contribution in [2.24, 2.45) is 7.05 Å². The summed E-state index contributed by atoms with van der Waals surface area (Å²) in [6.07, 6.45) is 5.73. The number of hydrogen-bond donors (Lipinski definition) is 1. The summed E-state index contributed by atoms with van der Waals surface area (Å²) in [5.74, 6) is 0. The van der Waals surface area contributed by atoms with E-state index in [1.807, 2.05) is 14.0 Å². The van der Waals surface area contributed by atoms with Crippen LogP contribution in [0.25, 0.3) is 0 Å². The molecule has 0 aromatic carbocycles. The fourth-order valence-corrected chi connectivity index (χ4v) is 2.88. The summed E-state index contributed by atoms with van der Waals surface area (Å²) in [7, 11) is 1.87. The topological polar surface area (TPSA) is 47.3 Å². The Morgan fingerprint density at radius 3 is 2.89 bits per heavy atom. The first kappa shape index (κ1) is 14.8. The number of ether oxygens (including phenoxy) is 1. The van der Waals surface area contributed by atoms with Crippen LogP contribution >= 0.6 is 11.6 Å². The molecule has 5 heteroatoms. The maximum absolute atomic E-state index is 10.1. The van der Waals surface area contributed by atoms with Crippen molar-refractivity contribution in [1.29, 1.82) is 0 Å². The van der Waals surface area contributed by atoms with Crippen molar-refractivity contribution in [3.05, 3.63) is 16.4 Å². The van der Waals surface area contributed by atoms with Gasteiger partial charge in [-0.3, -0.25) is 4.68 Å². The fraction of sp³-hybridized carbons (Fsp3) is 0.786. The molecule has 1 aliphatic rings. The maximum atomic E-state index is 10.1. The van der Waals surface area contributed by atoms with Crippen LogP contribution < -0.4 is 0 Å². The summed E-state index contributed by atoms with van der Waals surface area (Å²) < 4.78 is 7.44. The smallest absolute Gasteiger partial charge is 0.0847 e. The van der Waals surface area contributed by atoms with Crippen LogP contribution in [0.3, 0.4) is 0 Å². The molecule has 1 aromatic heterocycles. The molecule has 1 N–H and O–H groups in total. The standard InChI is InChI=1S/C14H23ClN2O2/c1-10-14(15)13(17(2)16-10)9-11(18)6-7-12-5-3-4-8-19-12/h11-12,18H,3-9H2,1-2H3. The van der Waals surface area contributed by atoms with E-state index in [-0.39, 0.29) is 6.10 Å². The van der Waals surface area contributed by atoms with Crippen molar-refractivity contribution in [3.63, 3.8) is 0 Å². The number of rotatable bonds is 5. The Kier molecular flexibility index (Phi) is 5.25. The molecule has 2 unspecified atom stereocenters. The molecular formula is C14H23ClN2O2. The van der Waals surface area contributed by atoms with Gasteiger partial charge in [0.2, 0.25) is 0 Å². The van der Waals surface area contributed by atoms with E-state index >= 15 is 0 Å². The van der Waals surface area contributed by atoms with Crippen molar-refractivity contribution < 1.29 is 9.84 Å². The molecule has 4 nitrogen and oxygen atoms in total. The predicted molar refractivity (Wildman–Crippen MR) is 75.5 cm³/mol. The summed E-state index contributed by atoms with van der Waals surface area (Å²) >= 11 is 6.19. The molecule has 0 amide bonds. The van der Waals surface area contributed by atoms with Gasteiger partial charge >= 0.3 is 0 Å². The third kappa shape index (κ3) is 3.94. The Bertz CT molecular complexity index is 414. The van der Waals surface area contributed by atoms with Crippen LogP contribution in [0.4, 0.5) is 0 Å². The molecule has 2 atom stereocenters. The average Bonchev–Trinajstić information content (AvgIpc) is 2.64. The number of aromatic nitrogens is 2. The highest BCUT2D eigenvalue weighted by Gasteiger charge is 2.18. The van der Waals surface area contributed by atoms with Crippen LogP contribution in [0.1, 0.15) is 43.5 Å². The minimum absolute atomic E-state index is 0.326. The van der Waals surface area contributed by atoms with Gasteiger partial charge in [0.15, 0.2) is 0 Å². The first-order valence-electron chi connectivity index (χ1n) is 7.05. The lowest BCUT2D eigenvalue weighted by Crippen LogP contribution is -2.22. The van der Waals surface area contributed by atoms with Crippen LogP contribution in [-0.4, -0.2) is 33.7 Å². The van der Waals surface area contributed by atoms with Gasteiger partial charge in [-0.05, 0) is 39.0 Å². The monoisotopic (exact) mass is 286 g/mol. The fourth-order valence-electron chi connectivity index (χ4n) is 2.64. The van der Waals surface area contributed by atoms with Gasteiger partial charge in [0, 0.05) is 20.1 Å². The molecule has 108 valence electrons. The molecule has 1 aromatic rings. The number of aliphatic hydroxyl groups is 1. The molecule has 2 heterocycles. The van der Waals surface area contributed by atoms with Crippen molar-refractivity contribution in [2.45, 2.75) is 57.7 Å². The Morgan fingerprint density at radius 2 is 2.32 bits per heavy atom. The Morgan fingerprint density at radius 1 is 1.53 bits per heavy atom. The molecule has 0 saturated carbocycles. The van der Waals surface area contributed by atoms with E-state index in [1.54, 1.807) is 4.68 Å². The zero-order valence-electron chi connectivity index (χ0n) is 11.7. The third-order valence-electron chi connectivity index (χ3n) is 3.79. The molecule has 19 heavy (non-hydrogen) atoms. The summed E-state index contributed by atoms with van der Waals surface area (Å²) in [5, 5.41) is 15.1. The highest BCUT2D eigenvalue weighted by atomic mass is 35.5. The molecule has 1 fully saturated rings. The Balaban J connectivity index is 1.81. The van der Waals surface area contributed by atoms with E-state index < -0.39 is 0 Å². The van der Waals surface area contributed by atoms with Gasteiger partial charge in [0.05, 0.1) is 28.6 Å². The lowest BCUT2D eigenvalue weighted by Gasteiger charge is -2.23. The number of aryl methyl sites for hydroxylation is 2. The highest BCUT2D eigenvalue weighted by Crippen LogP contribution is 2.23. The highest BCUT2D eigenvalue weighted by molar-refractivity contribution is 6.31. The maximum Gasteiger partial charge on any atom is 0.0847 e. The average molecular weight is 287 g/mol. The quantitative estimate of drug-likeness (QED) is 0.905. The lowest BCUT2D eigenvalue weighted by atomic mass is 10.0. The normalized spacial score (nSPS) is 21.6. The minimum Gasteiger partial charge on any atom is -0.393 e. The van der Waals surface area contributed by atoms with Gasteiger partial charge in [-0.25, -0.2) is 0 Å². The molecule has 1 aliphatic heterocycles. The van der Waals surface area contributed by atoms with Crippen LogP contribution in [0.2, 0.25) is 5.02 Å². The van der Waals surface area contributed by atoms with Crippen molar-refractivity contribution >= 4 is 11.6 Å². The van der Waals surface area contributed by atoms with Gasteiger partial charge in [-0.1, -0.05) is 11.6 Å². The van der Waals surface area contributed by atoms with Gasteiger partial charge in [-0.2, -0.15) is 5.10 Å². The largest absolute Gasteiger partial charge is 0.393 e. The van der Waals surface area contributed by atoms with E-state index in [4.69, 9.17) is 16.3 Å². The first-order chi connectivity index (χ1) is 9.08. The predicted octanol–water partition coefficient (Wildman–Crippen LogP) is 2.63. The van der Waals surface area contributed by atoms with Crippen LogP contribution in [-0.2, 0) is 18.2 Å². The van der Waals surface area contributed by atoms with E-state index in [0.29, 0.717) is 17.5 Å². The summed E-state index contributed by atoms with van der Waals surface area (Å²) in [4.78, 5) is 0. The second kappa shape index (κ2) is 6.73. The summed E-state index contributed by atoms with van der Waals surface area (Å²) in [6, 6.07) is 0. The summed E-state index contributed by atoms with van der Waals surface area (Å²) in [6.45, 7) is 2.75. The number of nitrogens with zero attached hydrogens (tertiary/aromatic N) is 2. The van der Waals surface area contributed by atoms with E-state index in [2.05, 4.69) is 5.10 Å². The van der Waals surface area contributed by atoms with E-state index in [0.717, 1.165) is 37.3 Å². The number of hydrogen-bond acceptors (Lipinski definition) is 3. The van der Waals surface area contributed by atoms with Crippen molar-refractivity contribution in [1.82, 2.24) is 9.78 Å². The van der Waals surface area contributed by atoms with Gasteiger partial charge in [-0.15, -0.1) is 0 Å². The Labute approximate surface area is 119 Å². The van der Waals surface area contributed by atoms with Crippen LogP contribution in [0.15, 0.2) is 0 Å². The van der Waals surface area contributed by atoms with Crippen molar-refractivity contribution in [3.8, 4) is 0 Å². The Hall–Kier alpha value is -0.580. The zero-order chi connectivity index (χ0) is 13.8. The van der Waals surface area contributed by atoms with Gasteiger partial charge < -0.3 is 9.84 Å². The van der Waals surface area contributed by atoms with Gasteiger partial charge in [0.1, 0.15) is 0 Å². The zero-order valence-corrected chi connectivity index (χ0v) is 12.5. The van der Waals surface area contributed by atoms with Crippen molar-refractivity contribution in [2.75, 3.05) is 6.61 Å². The molecule has 1 saturated heterocycles. The van der Waals surface area contributed by atoms with E-state index in [1.165, 1.54) is 12.8 Å². The van der Waals surface area contributed by atoms with Crippen LogP contribution in [0.5, 0.6) is 0 Å². The van der Waals surface area contributed by atoms with E-state index in [9.17, 15) is 5.11 Å². The minimum atomic E-state index is -0.377. The third-order valence-corrected chi connectivity index (χ3v) is 4.28. The molecule has 0 radical (unpaired) electrons. The molecule has 0 bridgehead atoms. The number of halogens is 1. The van der Waals surface area contributed by atoms with Crippen LogP contribution in [0, 0.1) is 6.92 Å². The summed E-state index contributed by atoms with van der Waals surface area (Å²) in [5.41, 5.74) is 1.73. The lowest BCUT2D eigenvalue weighted by molar-refractivity contribution is 0.00224. The van der Waals surface area contributed by atoms with Gasteiger partial charge in [0.25, 0.3) is 0 Å². The second-order valence-corrected chi connectivity index (χ2v) is 5.77. The number of aliphatic hydroxyl groups excluding tert-OH is 1. The molecule has 0 spiro atoms. The molecule has 2 rings (SSSR count). The SMILES string of the molecule is Cc1nn(C)c(CC(O)CCC2CCCCO2)c1Cl. The second-order valence-electron chi connectivity index (χ2n) is 5.39.